The lowest BCUT2D eigenvalue weighted by atomic mass is 10.1. The van der Waals surface area contributed by atoms with Gasteiger partial charge in [-0.25, -0.2) is 4.39 Å². The minimum Gasteiger partial charge on any atom is -0.484 e. The first-order valence-corrected chi connectivity index (χ1v) is 7.00. The molecule has 0 atom stereocenters. The van der Waals surface area contributed by atoms with Gasteiger partial charge < -0.3 is 4.74 Å². The third kappa shape index (κ3) is 4.81. The largest absolute Gasteiger partial charge is 0.484 e. The Balaban J connectivity index is 1.81. The smallest absolute Gasteiger partial charge is 0.276 e. The number of hydrogen-bond donors (Lipinski definition) is 2. The highest BCUT2D eigenvalue weighted by molar-refractivity contribution is 5.96. The molecule has 0 saturated heterocycles. The average Bonchev–Trinajstić information content (AvgIpc) is 2.52. The number of ether oxygens (including phenoxy) is 1. The molecule has 6 heteroatoms. The molecule has 0 aliphatic heterocycles. The molecule has 0 aliphatic carbocycles. The highest BCUT2D eigenvalue weighted by Gasteiger charge is 2.10. The van der Waals surface area contributed by atoms with Gasteiger partial charge in [-0.2, -0.15) is 0 Å². The van der Waals surface area contributed by atoms with E-state index in [0.717, 1.165) is 11.1 Å². The summed E-state index contributed by atoms with van der Waals surface area (Å²) in [6.07, 6.45) is 0. The van der Waals surface area contributed by atoms with Gasteiger partial charge in [0, 0.05) is 5.56 Å². The number of rotatable bonds is 4. The lowest BCUT2D eigenvalue weighted by molar-refractivity contribution is -0.123. The molecule has 0 bridgehead atoms. The van der Waals surface area contributed by atoms with Gasteiger partial charge in [0.2, 0.25) is 0 Å². The first-order valence-electron chi connectivity index (χ1n) is 7.00. The van der Waals surface area contributed by atoms with Crippen LogP contribution in [-0.4, -0.2) is 18.4 Å². The van der Waals surface area contributed by atoms with Crippen molar-refractivity contribution in [2.75, 3.05) is 6.61 Å². The lowest BCUT2D eigenvalue weighted by Crippen LogP contribution is -2.44. The number of amides is 2. The summed E-state index contributed by atoms with van der Waals surface area (Å²) in [5, 5.41) is 0. The fourth-order valence-corrected chi connectivity index (χ4v) is 1.98. The second-order valence-electron chi connectivity index (χ2n) is 5.06. The molecule has 0 radical (unpaired) electrons. The van der Waals surface area contributed by atoms with E-state index in [9.17, 15) is 14.0 Å². The molecule has 0 heterocycles. The van der Waals surface area contributed by atoms with Gasteiger partial charge in [0.25, 0.3) is 11.8 Å². The number of aryl methyl sites for hydroxylation is 2. The van der Waals surface area contributed by atoms with Crippen molar-refractivity contribution in [1.82, 2.24) is 10.9 Å². The summed E-state index contributed by atoms with van der Waals surface area (Å²) >= 11 is 0. The summed E-state index contributed by atoms with van der Waals surface area (Å²) in [6.45, 7) is 3.46. The van der Waals surface area contributed by atoms with Crippen LogP contribution in [0, 0.1) is 19.7 Å². The van der Waals surface area contributed by atoms with Gasteiger partial charge in [0.05, 0.1) is 0 Å². The molecule has 2 aromatic rings. The van der Waals surface area contributed by atoms with Crippen LogP contribution in [0.1, 0.15) is 21.5 Å². The molecule has 23 heavy (non-hydrogen) atoms. The Morgan fingerprint density at radius 2 is 1.74 bits per heavy atom. The third-order valence-electron chi connectivity index (χ3n) is 3.13. The van der Waals surface area contributed by atoms with Crippen LogP contribution in [0.2, 0.25) is 0 Å². The molecule has 0 fully saturated rings. The molecule has 0 saturated carbocycles. The molecule has 2 amide bonds. The highest BCUT2D eigenvalue weighted by atomic mass is 19.1. The highest BCUT2D eigenvalue weighted by Crippen LogP contribution is 2.11. The molecule has 2 rings (SSSR count). The van der Waals surface area contributed by atoms with E-state index in [0.29, 0.717) is 11.3 Å². The van der Waals surface area contributed by atoms with E-state index >= 15 is 0 Å². The first-order chi connectivity index (χ1) is 11.0. The summed E-state index contributed by atoms with van der Waals surface area (Å²) in [5.41, 5.74) is 6.95. The zero-order chi connectivity index (χ0) is 16.8. The molecule has 0 aromatic heterocycles. The van der Waals surface area contributed by atoms with E-state index in [2.05, 4.69) is 10.9 Å². The predicted molar refractivity (Wildman–Crippen MR) is 83.4 cm³/mol. The van der Waals surface area contributed by atoms with Gasteiger partial charge in [0.15, 0.2) is 6.61 Å². The lowest BCUT2D eigenvalue weighted by Gasteiger charge is -2.10. The number of carbonyl (C=O) groups is 2. The summed E-state index contributed by atoms with van der Waals surface area (Å²) in [7, 11) is 0. The van der Waals surface area contributed by atoms with Crippen LogP contribution < -0.4 is 15.6 Å². The van der Waals surface area contributed by atoms with Crippen molar-refractivity contribution in [3.8, 4) is 5.75 Å². The minimum absolute atomic E-state index is 0.293. The Bertz CT molecular complexity index is 714. The fraction of sp³-hybridized carbons (Fsp3) is 0.176. The topological polar surface area (TPSA) is 67.4 Å². The van der Waals surface area contributed by atoms with Gasteiger partial charge in [-0.1, -0.05) is 17.7 Å². The van der Waals surface area contributed by atoms with Crippen molar-refractivity contribution < 1.29 is 18.7 Å². The normalized spacial score (nSPS) is 10.0. The monoisotopic (exact) mass is 316 g/mol. The Kier molecular flexibility index (Phi) is 5.30. The average molecular weight is 316 g/mol. The number of nitrogens with one attached hydrogen (secondary N) is 2. The maximum absolute atomic E-state index is 12.7. The molecule has 0 unspecified atom stereocenters. The summed E-state index contributed by atoms with van der Waals surface area (Å²) in [5.74, 6) is -0.949. The van der Waals surface area contributed by atoms with E-state index in [-0.39, 0.29) is 12.4 Å². The van der Waals surface area contributed by atoms with Gasteiger partial charge >= 0.3 is 0 Å². The van der Waals surface area contributed by atoms with E-state index < -0.39 is 11.8 Å². The Morgan fingerprint density at radius 3 is 2.39 bits per heavy atom. The predicted octanol–water partition coefficient (Wildman–Crippen LogP) is 2.28. The van der Waals surface area contributed by atoms with E-state index in [1.54, 1.807) is 6.07 Å². The fourth-order valence-electron chi connectivity index (χ4n) is 1.98. The van der Waals surface area contributed by atoms with E-state index in [1.165, 1.54) is 24.3 Å². The number of hydrogen-bond acceptors (Lipinski definition) is 3. The molecule has 2 aromatic carbocycles. The number of halogens is 1. The molecule has 5 nitrogen and oxygen atoms in total. The first kappa shape index (κ1) is 16.5. The Morgan fingerprint density at radius 1 is 1.04 bits per heavy atom. The summed E-state index contributed by atoms with van der Waals surface area (Å²) in [4.78, 5) is 23.6. The van der Waals surface area contributed by atoms with Crippen molar-refractivity contribution in [2.45, 2.75) is 13.8 Å². The van der Waals surface area contributed by atoms with Crippen LogP contribution in [0.25, 0.3) is 0 Å². The maximum atomic E-state index is 12.7. The van der Waals surface area contributed by atoms with Gasteiger partial charge in [0.1, 0.15) is 11.6 Å². The Labute approximate surface area is 133 Å². The van der Waals surface area contributed by atoms with Crippen molar-refractivity contribution >= 4 is 11.8 Å². The maximum Gasteiger partial charge on any atom is 0.276 e. The molecule has 0 spiro atoms. The Hall–Kier alpha value is -2.89. The van der Waals surface area contributed by atoms with Crippen LogP contribution in [0.5, 0.6) is 5.75 Å². The minimum atomic E-state index is -0.521. The number of benzene rings is 2. The van der Waals surface area contributed by atoms with Crippen molar-refractivity contribution in [3.05, 3.63) is 65.0 Å². The van der Waals surface area contributed by atoms with Crippen LogP contribution in [0.3, 0.4) is 0 Å². The van der Waals surface area contributed by atoms with Crippen molar-refractivity contribution in [3.63, 3.8) is 0 Å². The quantitative estimate of drug-likeness (QED) is 0.851. The van der Waals surface area contributed by atoms with Gasteiger partial charge in [-0.05, 0) is 49.7 Å². The SMILES string of the molecule is Cc1ccc(C(=O)NNC(=O)COc2ccc(F)cc2)c(C)c1. The molecule has 120 valence electrons. The van der Waals surface area contributed by atoms with Crippen LogP contribution in [-0.2, 0) is 4.79 Å². The van der Waals surface area contributed by atoms with E-state index in [4.69, 9.17) is 4.74 Å². The van der Waals surface area contributed by atoms with Crippen LogP contribution in [0.15, 0.2) is 42.5 Å². The number of hydrazine groups is 1. The molecular weight excluding hydrogens is 299 g/mol. The van der Waals surface area contributed by atoms with E-state index in [1.807, 2.05) is 26.0 Å². The second-order valence-corrected chi connectivity index (χ2v) is 5.06. The van der Waals surface area contributed by atoms with Gasteiger partial charge in [-0.15, -0.1) is 0 Å². The zero-order valence-corrected chi connectivity index (χ0v) is 12.9. The van der Waals surface area contributed by atoms with Crippen LogP contribution >= 0.6 is 0 Å². The number of carbonyl (C=O) groups excluding carboxylic acids is 2. The van der Waals surface area contributed by atoms with Gasteiger partial charge in [-0.3, -0.25) is 20.4 Å². The summed E-state index contributed by atoms with van der Waals surface area (Å²) in [6, 6.07) is 10.7. The molecule has 0 aliphatic rings. The second kappa shape index (κ2) is 7.40. The van der Waals surface area contributed by atoms with Crippen molar-refractivity contribution in [1.29, 1.82) is 0 Å². The third-order valence-corrected chi connectivity index (χ3v) is 3.13. The molecular formula is C17H17FN2O3. The van der Waals surface area contributed by atoms with Crippen molar-refractivity contribution in [2.24, 2.45) is 0 Å². The zero-order valence-electron chi connectivity index (χ0n) is 12.9. The standard InChI is InChI=1S/C17H17FN2O3/c1-11-3-8-15(12(2)9-11)17(22)20-19-16(21)10-23-14-6-4-13(18)5-7-14/h3-9H,10H2,1-2H3,(H,19,21)(H,20,22). The molecule has 2 N–H and O–H groups in total. The summed E-state index contributed by atoms with van der Waals surface area (Å²) < 4.78 is 17.9. The van der Waals surface area contributed by atoms with Crippen LogP contribution in [0.4, 0.5) is 4.39 Å².